The van der Waals surface area contributed by atoms with Gasteiger partial charge in [0.15, 0.2) is 28.4 Å². The zero-order valence-corrected chi connectivity index (χ0v) is 21.6. The van der Waals surface area contributed by atoms with Crippen molar-refractivity contribution in [2.45, 2.75) is 68.1 Å². The van der Waals surface area contributed by atoms with Gasteiger partial charge in [-0.1, -0.05) is 68.3 Å². The summed E-state index contributed by atoms with van der Waals surface area (Å²) in [7, 11) is -4.24. The number of ether oxygens (including phenoxy) is 1. The van der Waals surface area contributed by atoms with E-state index in [2.05, 4.69) is 22.2 Å². The Morgan fingerprint density at radius 1 is 1.22 bits per heavy atom. The van der Waals surface area contributed by atoms with Crippen LogP contribution in [0.3, 0.4) is 0 Å². The van der Waals surface area contributed by atoms with Gasteiger partial charge in [-0.15, -0.1) is 0 Å². The van der Waals surface area contributed by atoms with Gasteiger partial charge < -0.3 is 20.1 Å². The predicted octanol–water partition coefficient (Wildman–Crippen LogP) is 3.88. The fourth-order valence-corrected chi connectivity index (χ4v) is 6.32. The molecule has 2 fully saturated rings. The van der Waals surface area contributed by atoms with E-state index in [1.807, 2.05) is 30.3 Å². The van der Waals surface area contributed by atoms with Crippen LogP contribution in [0.25, 0.3) is 11.2 Å². The second kappa shape index (κ2) is 11.1. The summed E-state index contributed by atoms with van der Waals surface area (Å²) < 4.78 is 29.8. The Hall–Kier alpha value is -2.05. The molecule has 0 saturated carbocycles. The summed E-state index contributed by atoms with van der Waals surface area (Å²) in [5.41, 5.74) is 2.17. The number of hydrogen-bond donors (Lipinski definition) is 3. The minimum absolute atomic E-state index is 0.162. The van der Waals surface area contributed by atoms with Crippen molar-refractivity contribution in [3.05, 3.63) is 42.2 Å². The molecular formula is C23H30N5O6PS. The van der Waals surface area contributed by atoms with Crippen LogP contribution in [0.5, 0.6) is 0 Å². The van der Waals surface area contributed by atoms with Gasteiger partial charge in [0, 0.05) is 12.3 Å². The highest BCUT2D eigenvalue weighted by molar-refractivity contribution is 7.98. The zero-order valence-electron chi connectivity index (χ0n) is 19.9. The first-order chi connectivity index (χ1) is 17.5. The first kappa shape index (κ1) is 25.6. The number of fused-ring (bicyclic) bond motifs is 2. The van der Waals surface area contributed by atoms with Gasteiger partial charge >= 0.3 is 7.82 Å². The molecule has 11 nitrogen and oxygen atoms in total. The van der Waals surface area contributed by atoms with Crippen LogP contribution in [0.4, 0.5) is 5.82 Å². The van der Waals surface area contributed by atoms with Crippen molar-refractivity contribution in [1.29, 1.82) is 0 Å². The number of nitrogens with zero attached hydrogens (tertiary/aromatic N) is 4. The lowest BCUT2D eigenvalue weighted by atomic mass is 10.1. The maximum Gasteiger partial charge on any atom is 0.472 e. The highest BCUT2D eigenvalue weighted by atomic mass is 32.2. The summed E-state index contributed by atoms with van der Waals surface area (Å²) in [5.74, 6) is 1.25. The molecule has 2 aromatic heterocycles. The van der Waals surface area contributed by atoms with Gasteiger partial charge in [0.2, 0.25) is 0 Å². The van der Waals surface area contributed by atoms with Gasteiger partial charge in [0.05, 0.1) is 6.61 Å². The van der Waals surface area contributed by atoms with Gasteiger partial charge in [-0.3, -0.25) is 13.6 Å². The third-order valence-electron chi connectivity index (χ3n) is 6.20. The lowest BCUT2D eigenvalue weighted by Gasteiger charge is -2.27. The number of imidazole rings is 1. The molecule has 36 heavy (non-hydrogen) atoms. The van der Waals surface area contributed by atoms with Crippen LogP contribution >= 0.6 is 19.6 Å². The average Bonchev–Trinajstić information content (AvgIpc) is 3.40. The first-order valence-corrected chi connectivity index (χ1v) is 14.6. The molecule has 3 aromatic rings. The predicted molar refractivity (Wildman–Crippen MR) is 135 cm³/mol. The molecule has 5 rings (SSSR count). The maximum absolute atomic E-state index is 12.0. The number of aliphatic hydroxyl groups is 1. The molecule has 2 aliphatic heterocycles. The van der Waals surface area contributed by atoms with Crippen molar-refractivity contribution >= 4 is 36.6 Å². The molecule has 0 radical (unpaired) electrons. The fraction of sp³-hybridized carbons (Fsp3) is 0.522. The SMILES string of the molecule is CCCCCCNc1ncnc2c1nc(SCc1ccccc1)n2C1OC2COP(=O)(O)OC2C1O. The largest absolute Gasteiger partial charge is 0.472 e. The number of phosphoric ester groups is 1. The summed E-state index contributed by atoms with van der Waals surface area (Å²) >= 11 is 1.48. The van der Waals surface area contributed by atoms with E-state index >= 15 is 0 Å². The number of thioether (sulfide) groups is 1. The van der Waals surface area contributed by atoms with Gasteiger partial charge in [0.25, 0.3) is 0 Å². The highest BCUT2D eigenvalue weighted by Crippen LogP contribution is 2.53. The van der Waals surface area contributed by atoms with Gasteiger partial charge in [-0.25, -0.2) is 19.5 Å². The van der Waals surface area contributed by atoms with Crippen molar-refractivity contribution in [2.75, 3.05) is 18.5 Å². The Bertz CT molecular complexity index is 1230. The van der Waals surface area contributed by atoms with Crippen molar-refractivity contribution in [1.82, 2.24) is 19.5 Å². The molecule has 1 aromatic carbocycles. The number of benzene rings is 1. The molecule has 0 aliphatic carbocycles. The standard InChI is InChI=1S/C23H30N5O6PS/c1-2-3-4-8-11-24-20-17-21(26-14-25-20)28(23(27-17)36-13-15-9-6-5-7-10-15)22-18(29)19-16(33-22)12-32-35(30,31)34-19/h5-7,9-10,14,16,18-19,22,29H,2-4,8,11-13H2,1H3,(H,30,31)(H,24,25,26). The monoisotopic (exact) mass is 535 g/mol. The molecule has 3 N–H and O–H groups in total. The number of anilines is 1. The van der Waals surface area contributed by atoms with Crippen molar-refractivity contribution < 1.29 is 28.3 Å². The molecule has 0 amide bonds. The summed E-state index contributed by atoms with van der Waals surface area (Å²) in [6, 6.07) is 9.98. The number of rotatable bonds is 10. The Labute approximate surface area is 213 Å². The maximum atomic E-state index is 12.0. The number of nitrogens with one attached hydrogen (secondary N) is 1. The van der Waals surface area contributed by atoms with E-state index < -0.39 is 32.4 Å². The van der Waals surface area contributed by atoms with Crippen LogP contribution in [-0.4, -0.2) is 61.0 Å². The zero-order chi connectivity index (χ0) is 25.1. The molecule has 0 bridgehead atoms. The first-order valence-electron chi connectivity index (χ1n) is 12.1. The van der Waals surface area contributed by atoms with E-state index in [0.717, 1.165) is 31.4 Å². The van der Waals surface area contributed by atoms with E-state index in [1.54, 1.807) is 4.57 Å². The molecular weight excluding hydrogens is 505 g/mol. The second-order valence-corrected chi connectivity index (χ2v) is 11.2. The van der Waals surface area contributed by atoms with Crippen LogP contribution in [0, 0.1) is 0 Å². The van der Waals surface area contributed by atoms with E-state index in [4.69, 9.17) is 18.8 Å². The van der Waals surface area contributed by atoms with Crippen molar-refractivity contribution in [3.63, 3.8) is 0 Å². The molecule has 2 aliphatic rings. The number of hydrogen-bond acceptors (Lipinski definition) is 10. The summed E-state index contributed by atoms with van der Waals surface area (Å²) in [4.78, 5) is 23.5. The van der Waals surface area contributed by atoms with Crippen LogP contribution in [0.15, 0.2) is 41.8 Å². The third-order valence-corrected chi connectivity index (χ3v) is 8.21. The molecule has 2 saturated heterocycles. The molecule has 194 valence electrons. The number of aliphatic hydroxyl groups excluding tert-OH is 1. The van der Waals surface area contributed by atoms with Crippen molar-refractivity contribution in [2.24, 2.45) is 0 Å². The van der Waals surface area contributed by atoms with Gasteiger partial charge in [-0.2, -0.15) is 0 Å². The van der Waals surface area contributed by atoms with E-state index in [0.29, 0.717) is 27.9 Å². The Morgan fingerprint density at radius 3 is 2.86 bits per heavy atom. The smallest absolute Gasteiger partial charge is 0.386 e. The number of phosphoric acid groups is 1. The molecule has 0 spiro atoms. The minimum Gasteiger partial charge on any atom is -0.386 e. The summed E-state index contributed by atoms with van der Waals surface area (Å²) in [5, 5.41) is 15.0. The molecule has 5 atom stereocenters. The van der Waals surface area contributed by atoms with Crippen LogP contribution in [0.2, 0.25) is 0 Å². The Morgan fingerprint density at radius 2 is 2.06 bits per heavy atom. The van der Waals surface area contributed by atoms with E-state index in [1.165, 1.54) is 24.5 Å². The Kier molecular flexibility index (Phi) is 7.92. The van der Waals surface area contributed by atoms with Crippen LogP contribution < -0.4 is 5.32 Å². The van der Waals surface area contributed by atoms with Gasteiger partial charge in [-0.05, 0) is 12.0 Å². The number of unbranched alkanes of at least 4 members (excludes halogenated alkanes) is 3. The Balaban J connectivity index is 1.47. The summed E-state index contributed by atoms with van der Waals surface area (Å²) in [6.07, 6.45) is 2.07. The number of aromatic nitrogens is 4. The second-order valence-electron chi connectivity index (χ2n) is 8.81. The molecule has 5 unspecified atom stereocenters. The quantitative estimate of drug-likeness (QED) is 0.198. The normalized spacial score (nSPS) is 27.9. The lowest BCUT2D eigenvalue weighted by molar-refractivity contribution is -0.0684. The van der Waals surface area contributed by atoms with Crippen molar-refractivity contribution in [3.8, 4) is 0 Å². The third kappa shape index (κ3) is 5.45. The van der Waals surface area contributed by atoms with E-state index in [9.17, 15) is 14.6 Å². The molecule has 4 heterocycles. The average molecular weight is 536 g/mol. The topological polar surface area (TPSA) is 141 Å². The van der Waals surface area contributed by atoms with Crippen LogP contribution in [0.1, 0.15) is 44.4 Å². The summed E-state index contributed by atoms with van der Waals surface area (Å²) in [6.45, 7) is 2.77. The van der Waals surface area contributed by atoms with E-state index in [-0.39, 0.29) is 6.61 Å². The minimum atomic E-state index is -4.24. The highest BCUT2D eigenvalue weighted by Gasteiger charge is 2.53. The van der Waals surface area contributed by atoms with Crippen LogP contribution in [-0.2, 0) is 24.1 Å². The lowest BCUT2D eigenvalue weighted by Crippen LogP contribution is -2.39. The molecule has 13 heteroatoms. The van der Waals surface area contributed by atoms with Gasteiger partial charge in [0.1, 0.15) is 24.6 Å². The fourth-order valence-electron chi connectivity index (χ4n) is 4.38.